The van der Waals surface area contributed by atoms with E-state index >= 15 is 0 Å². The first-order valence-corrected chi connectivity index (χ1v) is 34.2. The van der Waals surface area contributed by atoms with Crippen LogP contribution in [0.1, 0.15) is 151 Å². The third-order valence-corrected chi connectivity index (χ3v) is 23.8. The van der Waals surface area contributed by atoms with E-state index in [0.29, 0.717) is 0 Å². The predicted octanol–water partition coefficient (Wildman–Crippen LogP) is 25.4. The molecule has 4 nitrogen and oxygen atoms in total. The van der Waals surface area contributed by atoms with Gasteiger partial charge in [0.05, 0.1) is 0 Å². The Morgan fingerprint density at radius 1 is 0.274 bits per heavy atom. The van der Waals surface area contributed by atoms with Crippen LogP contribution in [-0.4, -0.2) is 0 Å². The third kappa shape index (κ3) is 6.73. The van der Waals surface area contributed by atoms with Gasteiger partial charge in [0, 0.05) is 93.1 Å². The SMILES string of the molecule is CC(C)(C)c1ccccc1-c1cc2c(c3c1oc1ccccc13)-c1ccc(N(c3ccc4c(c3)C(C)(C)c3c5c(c6c(oc7ccccc76)c3-4)-c3ccccc3C5(C)C)c3ccc4c(c3)C(C)(C)c3c5c(c6oc7ccccc7c6c3-4)-c3ccccc3C5(C)C)cc1C2(C)C. The molecular formula is C91H73NO3. The molecule has 5 aliphatic rings. The normalized spacial score (nSPS) is 16.5. The van der Waals surface area contributed by atoms with E-state index in [0.717, 1.165) is 66.9 Å². The van der Waals surface area contributed by atoms with Crippen LogP contribution in [0.5, 0.6) is 0 Å². The number of benzene rings is 12. The molecule has 5 aliphatic carbocycles. The molecule has 0 spiro atoms. The van der Waals surface area contributed by atoms with E-state index in [2.05, 4.69) is 301 Å². The van der Waals surface area contributed by atoms with Crippen LogP contribution < -0.4 is 4.90 Å². The van der Waals surface area contributed by atoms with Gasteiger partial charge in [-0.15, -0.1) is 0 Å². The van der Waals surface area contributed by atoms with Gasteiger partial charge < -0.3 is 18.2 Å². The summed E-state index contributed by atoms with van der Waals surface area (Å²) in [5, 5.41) is 7.07. The van der Waals surface area contributed by atoms with Crippen LogP contribution in [-0.2, 0) is 32.5 Å². The average Bonchev–Trinajstić information content (AvgIpc) is 1.52. The van der Waals surface area contributed by atoms with Gasteiger partial charge in [0.1, 0.15) is 33.5 Å². The average molecular weight is 1230 g/mol. The summed E-state index contributed by atoms with van der Waals surface area (Å²) >= 11 is 0. The maximum atomic E-state index is 7.23. The number of hydrogen-bond donors (Lipinski definition) is 0. The molecule has 3 aromatic heterocycles. The van der Waals surface area contributed by atoms with Gasteiger partial charge in [0.2, 0.25) is 0 Å². The minimum Gasteiger partial charge on any atom is -0.455 e. The predicted molar refractivity (Wildman–Crippen MR) is 395 cm³/mol. The van der Waals surface area contributed by atoms with Gasteiger partial charge in [-0.25, -0.2) is 0 Å². The number of fused-ring (bicyclic) bond motifs is 31. The second kappa shape index (κ2) is 17.8. The monoisotopic (exact) mass is 1230 g/mol. The Bertz CT molecular complexity index is 6050. The number of hydrogen-bond acceptors (Lipinski definition) is 4. The van der Waals surface area contributed by atoms with E-state index in [9.17, 15) is 0 Å². The highest BCUT2D eigenvalue weighted by Gasteiger charge is 2.51. The van der Waals surface area contributed by atoms with Gasteiger partial charge in [0.25, 0.3) is 0 Å². The first-order valence-electron chi connectivity index (χ1n) is 34.2. The maximum Gasteiger partial charge on any atom is 0.144 e. The molecule has 95 heavy (non-hydrogen) atoms. The molecule has 0 aliphatic heterocycles. The van der Waals surface area contributed by atoms with Crippen molar-refractivity contribution >= 4 is 82.9 Å². The molecule has 0 fully saturated rings. The summed E-state index contributed by atoms with van der Waals surface area (Å²) in [5.74, 6) is 0. The third-order valence-electron chi connectivity index (χ3n) is 23.8. The number of furan rings is 3. The van der Waals surface area contributed by atoms with Crippen LogP contribution in [0.25, 0.3) is 133 Å². The molecule has 0 bridgehead atoms. The quantitative estimate of drug-likeness (QED) is 0.176. The van der Waals surface area contributed by atoms with Crippen LogP contribution in [0.3, 0.4) is 0 Å². The van der Waals surface area contributed by atoms with Crippen LogP contribution in [0.4, 0.5) is 17.1 Å². The molecule has 4 heteroatoms. The van der Waals surface area contributed by atoms with Crippen LogP contribution in [0.2, 0.25) is 0 Å². The zero-order valence-electron chi connectivity index (χ0n) is 56.3. The molecular weight excluding hydrogens is 1160 g/mol. The second-order valence-corrected chi connectivity index (χ2v) is 31.8. The lowest BCUT2D eigenvalue weighted by atomic mass is 9.72. The van der Waals surface area contributed by atoms with Crippen LogP contribution >= 0.6 is 0 Å². The molecule has 12 aromatic carbocycles. The lowest BCUT2D eigenvalue weighted by Crippen LogP contribution is -2.24. The zero-order chi connectivity index (χ0) is 64.7. The molecule has 15 aromatic rings. The molecule has 20 rings (SSSR count). The summed E-state index contributed by atoms with van der Waals surface area (Å²) < 4.78 is 21.5. The second-order valence-electron chi connectivity index (χ2n) is 31.8. The van der Waals surface area contributed by atoms with E-state index in [1.54, 1.807) is 0 Å². The lowest BCUT2D eigenvalue weighted by molar-refractivity contribution is 0.591. The van der Waals surface area contributed by atoms with E-state index in [4.69, 9.17) is 13.3 Å². The van der Waals surface area contributed by atoms with E-state index in [-0.39, 0.29) is 16.2 Å². The van der Waals surface area contributed by atoms with Crippen molar-refractivity contribution < 1.29 is 13.3 Å². The van der Waals surface area contributed by atoms with Crippen molar-refractivity contribution in [3.05, 3.63) is 267 Å². The fourth-order valence-electron chi connectivity index (χ4n) is 19.6. The van der Waals surface area contributed by atoms with Crippen LogP contribution in [0, 0.1) is 0 Å². The minimum absolute atomic E-state index is 0.0968. The Morgan fingerprint density at radius 3 is 1.08 bits per heavy atom. The Labute approximate surface area is 554 Å². The van der Waals surface area contributed by atoms with Gasteiger partial charge in [-0.2, -0.15) is 0 Å². The molecule has 0 saturated carbocycles. The topological polar surface area (TPSA) is 42.7 Å². The van der Waals surface area contributed by atoms with E-state index in [1.165, 1.54) is 144 Å². The molecule has 460 valence electrons. The number of anilines is 3. The standard InChI is InChI=1S/C91H73NO3/c1-86(2,3)61-32-20-14-26-51(61)60-47-67-71(74-57-29-17-23-35-68(57)93-83(60)74)54-41-38-48(44-64(54)87(67,4)5)92(49-39-42-55-65(45-49)90(10,11)80-73(55)76-59-31-19-25-37-70(59)94-84(76)77-53-28-16-22-34-63(53)89(8,9)81(77)80)50-40-43-56-66(46-50)91(12,13)82-78(56)85-75(58-30-18-24-36-69(58)95-85)72-52-27-15-21-33-62(52)88(6,7)79(72)82/h14-47H,1-13H3. The highest BCUT2D eigenvalue weighted by molar-refractivity contribution is 6.23. The Kier molecular flexibility index (Phi) is 10.4. The van der Waals surface area contributed by atoms with Crippen molar-refractivity contribution in [2.75, 3.05) is 4.90 Å². The number of para-hydroxylation sites is 3. The lowest BCUT2D eigenvalue weighted by Gasteiger charge is -2.33. The summed E-state index contributed by atoms with van der Waals surface area (Å²) in [5.41, 5.74) is 36.9. The van der Waals surface area contributed by atoms with Gasteiger partial charge in [-0.05, 0) is 177 Å². The van der Waals surface area contributed by atoms with Crippen LogP contribution in [0.15, 0.2) is 220 Å². The van der Waals surface area contributed by atoms with Crippen molar-refractivity contribution in [2.24, 2.45) is 0 Å². The number of rotatable bonds is 4. The summed E-state index contributed by atoms with van der Waals surface area (Å²) in [4.78, 5) is 2.58. The van der Waals surface area contributed by atoms with Crippen molar-refractivity contribution in [2.45, 2.75) is 122 Å². The summed E-state index contributed by atoms with van der Waals surface area (Å²) in [7, 11) is 0. The van der Waals surface area contributed by atoms with Crippen molar-refractivity contribution in [1.82, 2.24) is 0 Å². The molecule has 3 heterocycles. The molecule has 0 N–H and O–H groups in total. The summed E-state index contributed by atoms with van der Waals surface area (Å²) in [6.07, 6.45) is 0. The van der Waals surface area contributed by atoms with Gasteiger partial charge >= 0.3 is 0 Å². The number of nitrogens with zero attached hydrogens (tertiary/aromatic N) is 1. The highest BCUT2D eigenvalue weighted by Crippen LogP contribution is 2.67. The summed E-state index contributed by atoms with van der Waals surface area (Å²) in [6.45, 7) is 31.5. The first kappa shape index (κ1) is 55.3. The Balaban J connectivity index is 0.837. The van der Waals surface area contributed by atoms with Gasteiger partial charge in [-0.3, -0.25) is 0 Å². The zero-order valence-corrected chi connectivity index (χ0v) is 56.3. The molecule has 0 atom stereocenters. The molecule has 0 saturated heterocycles. The fraction of sp³-hybridized carbons (Fsp3) is 0.209. The van der Waals surface area contributed by atoms with Crippen molar-refractivity contribution in [1.29, 1.82) is 0 Å². The minimum atomic E-state index is -0.419. The summed E-state index contributed by atoms with van der Waals surface area (Å²) in [6, 6.07) is 77.8. The molecule has 0 amide bonds. The largest absolute Gasteiger partial charge is 0.455 e. The molecule has 0 unspecified atom stereocenters. The highest BCUT2D eigenvalue weighted by atomic mass is 16.3. The van der Waals surface area contributed by atoms with E-state index in [1.807, 2.05) is 0 Å². The smallest absolute Gasteiger partial charge is 0.144 e. The fourth-order valence-corrected chi connectivity index (χ4v) is 19.6. The Hall–Kier alpha value is -10.2. The first-order chi connectivity index (χ1) is 45.6. The van der Waals surface area contributed by atoms with Crippen molar-refractivity contribution in [3.63, 3.8) is 0 Å². The van der Waals surface area contributed by atoms with Gasteiger partial charge in [0.15, 0.2) is 0 Å². The maximum absolute atomic E-state index is 7.23. The van der Waals surface area contributed by atoms with E-state index < -0.39 is 16.2 Å². The Morgan fingerprint density at radius 2 is 0.611 bits per heavy atom. The van der Waals surface area contributed by atoms with Gasteiger partial charge in [-0.1, -0.05) is 236 Å². The van der Waals surface area contributed by atoms with Crippen molar-refractivity contribution in [3.8, 4) is 66.8 Å². The molecule has 0 radical (unpaired) electrons.